The molecule has 6 heteroatoms. The Morgan fingerprint density at radius 2 is 1.00 bits per heavy atom. The van der Waals surface area contributed by atoms with Gasteiger partial charge in [0.15, 0.2) is 0 Å². The van der Waals surface area contributed by atoms with E-state index < -0.39 is 10.1 Å². The molecule has 0 heterocycles. The molecule has 0 fully saturated rings. The zero-order valence-electron chi connectivity index (χ0n) is 18.1. The number of hydrogen-bond donors (Lipinski definition) is 1. The molecule has 1 unspecified atom stereocenters. The minimum absolute atomic E-state index is 0. The van der Waals surface area contributed by atoms with Gasteiger partial charge in [-0.1, -0.05) is 103 Å². The van der Waals surface area contributed by atoms with Crippen molar-refractivity contribution >= 4 is 10.1 Å². The van der Waals surface area contributed by atoms with Crippen LogP contribution in [0.5, 0.6) is 0 Å². The molecule has 0 amide bonds. The van der Waals surface area contributed by atoms with E-state index in [0.29, 0.717) is 6.42 Å². The van der Waals surface area contributed by atoms with Crippen LogP contribution in [-0.2, 0) is 10.1 Å². The van der Waals surface area contributed by atoms with Crippen LogP contribution in [0.1, 0.15) is 122 Å². The molecule has 0 rings (SSSR count). The first-order chi connectivity index (χ1) is 12.5. The summed E-state index contributed by atoms with van der Waals surface area (Å²) in [6.07, 6.45) is 20.5. The normalized spacial score (nSPS) is 12.7. The average Bonchev–Trinajstić information content (AvgIpc) is 2.57. The fraction of sp³-hybridized carbons (Fsp3) is 1.00. The molecule has 1 atom stereocenters. The minimum Gasteiger partial charge on any atom is -0.748 e. The molecule has 0 bridgehead atoms. The maximum atomic E-state index is 10.5. The Morgan fingerprint density at radius 3 is 1.37 bits per heavy atom. The Labute approximate surface area is 191 Å². The maximum Gasteiger partial charge on any atom is 1.00 e. The molecule has 0 aliphatic carbocycles. The van der Waals surface area contributed by atoms with Gasteiger partial charge in [-0.2, -0.15) is 0 Å². The molecule has 0 spiro atoms. The van der Waals surface area contributed by atoms with Crippen LogP contribution >= 0.6 is 0 Å². The van der Waals surface area contributed by atoms with Gasteiger partial charge in [-0.05, 0) is 19.3 Å². The molecule has 27 heavy (non-hydrogen) atoms. The van der Waals surface area contributed by atoms with Crippen LogP contribution in [0.15, 0.2) is 0 Å². The third kappa shape index (κ3) is 26.9. The quantitative estimate of drug-likeness (QED) is 0.189. The van der Waals surface area contributed by atoms with Crippen molar-refractivity contribution in [3.05, 3.63) is 0 Å². The van der Waals surface area contributed by atoms with Crippen LogP contribution in [0.25, 0.3) is 0 Å². The Balaban J connectivity index is 0. The fourth-order valence-electron chi connectivity index (χ4n) is 3.38. The van der Waals surface area contributed by atoms with Gasteiger partial charge in [-0.3, -0.25) is 0 Å². The van der Waals surface area contributed by atoms with E-state index in [1.54, 1.807) is 0 Å². The molecule has 0 saturated heterocycles. The van der Waals surface area contributed by atoms with Crippen LogP contribution in [0, 0.1) is 0 Å². The van der Waals surface area contributed by atoms with Crippen LogP contribution in [-0.4, -0.2) is 29.9 Å². The monoisotopic (exact) mass is 414 g/mol. The molecule has 0 aromatic carbocycles. The third-order valence-corrected chi connectivity index (χ3v) is 5.86. The van der Waals surface area contributed by atoms with Crippen molar-refractivity contribution in [2.24, 2.45) is 0 Å². The molecule has 1 N–H and O–H groups in total. The summed E-state index contributed by atoms with van der Waals surface area (Å²) >= 11 is 0. The summed E-state index contributed by atoms with van der Waals surface area (Å²) in [6, 6.07) is 0. The summed E-state index contributed by atoms with van der Waals surface area (Å²) < 4.78 is 31.4. The van der Waals surface area contributed by atoms with Crippen LogP contribution in [0.3, 0.4) is 0 Å². The van der Waals surface area contributed by atoms with E-state index in [9.17, 15) is 18.1 Å². The van der Waals surface area contributed by atoms with Crippen molar-refractivity contribution in [1.29, 1.82) is 0 Å². The second-order valence-electron chi connectivity index (χ2n) is 7.80. The third-order valence-electron chi connectivity index (χ3n) is 5.07. The van der Waals surface area contributed by atoms with Gasteiger partial charge >= 0.3 is 29.6 Å². The molecular formula is C21H43NaO4S. The number of rotatable bonds is 20. The zero-order valence-corrected chi connectivity index (χ0v) is 20.9. The van der Waals surface area contributed by atoms with Crippen molar-refractivity contribution in [3.63, 3.8) is 0 Å². The Hall–Kier alpha value is 0.870. The molecular weight excluding hydrogens is 371 g/mol. The van der Waals surface area contributed by atoms with Gasteiger partial charge in [0.1, 0.15) is 0 Å². The summed E-state index contributed by atoms with van der Waals surface area (Å²) in [5.41, 5.74) is 0. The molecule has 158 valence electrons. The maximum absolute atomic E-state index is 10.5. The molecule has 0 aliphatic rings. The van der Waals surface area contributed by atoms with Gasteiger partial charge < -0.3 is 9.66 Å². The standard InChI is InChI=1S/C21H44O4S.Na/c1-2-3-15-18-21(22)19-16-13-11-9-7-5-4-6-8-10-12-14-17-20-26(23,24)25;/h21-22H,2-20H2,1H3,(H,23,24,25);/q;+1/p-1. The van der Waals surface area contributed by atoms with E-state index >= 15 is 0 Å². The van der Waals surface area contributed by atoms with Gasteiger partial charge in [0.25, 0.3) is 0 Å². The Morgan fingerprint density at radius 1 is 0.667 bits per heavy atom. The molecule has 0 aromatic rings. The van der Waals surface area contributed by atoms with Crippen molar-refractivity contribution in [2.45, 2.75) is 129 Å². The summed E-state index contributed by atoms with van der Waals surface area (Å²) in [4.78, 5) is 0. The SMILES string of the molecule is CCCCCC(O)CCCCCCCCCCCCCCCS(=O)(=O)[O-].[Na+]. The first-order valence-corrected chi connectivity index (χ1v) is 12.6. The van der Waals surface area contributed by atoms with Gasteiger partial charge in [-0.15, -0.1) is 0 Å². The summed E-state index contributed by atoms with van der Waals surface area (Å²) in [5.74, 6) is -0.204. The first kappa shape index (κ1) is 30.1. The van der Waals surface area contributed by atoms with E-state index in [4.69, 9.17) is 0 Å². The summed E-state index contributed by atoms with van der Waals surface area (Å²) in [6.45, 7) is 2.20. The molecule has 4 nitrogen and oxygen atoms in total. The van der Waals surface area contributed by atoms with Crippen molar-refractivity contribution in [2.75, 3.05) is 5.75 Å². The fourth-order valence-corrected chi connectivity index (χ4v) is 3.94. The van der Waals surface area contributed by atoms with E-state index in [-0.39, 0.29) is 41.4 Å². The molecule has 0 saturated carbocycles. The van der Waals surface area contributed by atoms with Gasteiger partial charge in [0.2, 0.25) is 0 Å². The van der Waals surface area contributed by atoms with Gasteiger partial charge in [0, 0.05) is 5.75 Å². The van der Waals surface area contributed by atoms with Gasteiger partial charge in [-0.25, -0.2) is 8.42 Å². The van der Waals surface area contributed by atoms with Crippen molar-refractivity contribution in [1.82, 2.24) is 0 Å². The number of hydrogen-bond acceptors (Lipinski definition) is 4. The van der Waals surface area contributed by atoms with Crippen molar-refractivity contribution < 1.29 is 47.6 Å². The number of aliphatic hydroxyl groups excluding tert-OH is 1. The minimum atomic E-state index is -4.01. The largest absolute Gasteiger partial charge is 1.00 e. The van der Waals surface area contributed by atoms with E-state index in [1.165, 1.54) is 77.0 Å². The number of aliphatic hydroxyl groups is 1. The van der Waals surface area contributed by atoms with E-state index in [0.717, 1.165) is 32.1 Å². The molecule has 0 radical (unpaired) electrons. The van der Waals surface area contributed by atoms with Crippen LogP contribution in [0.4, 0.5) is 0 Å². The van der Waals surface area contributed by atoms with Crippen LogP contribution < -0.4 is 29.6 Å². The predicted octanol–water partition coefficient (Wildman–Crippen LogP) is 2.94. The summed E-state index contributed by atoms with van der Waals surface area (Å²) in [7, 11) is -4.01. The average molecular weight is 415 g/mol. The predicted molar refractivity (Wildman–Crippen MR) is 109 cm³/mol. The second kappa shape index (κ2) is 21.6. The Kier molecular flexibility index (Phi) is 24.0. The Bertz CT molecular complexity index is 388. The van der Waals surface area contributed by atoms with Crippen LogP contribution in [0.2, 0.25) is 0 Å². The van der Waals surface area contributed by atoms with E-state index in [2.05, 4.69) is 6.92 Å². The zero-order chi connectivity index (χ0) is 19.5. The van der Waals surface area contributed by atoms with E-state index in [1.807, 2.05) is 0 Å². The first-order valence-electron chi connectivity index (χ1n) is 11.1. The van der Waals surface area contributed by atoms with Crippen molar-refractivity contribution in [3.8, 4) is 0 Å². The van der Waals surface area contributed by atoms with Gasteiger partial charge in [0.05, 0.1) is 16.2 Å². The molecule has 0 aromatic heterocycles. The smallest absolute Gasteiger partial charge is 0.748 e. The number of unbranched alkanes of at least 4 members (excludes halogenated alkanes) is 14. The summed E-state index contributed by atoms with van der Waals surface area (Å²) in [5, 5.41) is 9.86. The second-order valence-corrected chi connectivity index (χ2v) is 9.32. The topological polar surface area (TPSA) is 77.4 Å². The molecule has 0 aliphatic heterocycles.